The SMILES string of the molecule is CCn1cc(CN2CCN(C)CC2)c2ccc(C(=O)O)cc21. The van der Waals surface area contributed by atoms with E-state index in [1.165, 1.54) is 10.9 Å². The molecule has 5 heteroatoms. The molecule has 0 atom stereocenters. The van der Waals surface area contributed by atoms with Crippen LogP contribution in [-0.2, 0) is 13.1 Å². The third kappa shape index (κ3) is 2.87. The second-order valence-electron chi connectivity index (χ2n) is 6.06. The highest BCUT2D eigenvalue weighted by atomic mass is 16.4. The van der Waals surface area contributed by atoms with Crippen LogP contribution in [0.1, 0.15) is 22.8 Å². The lowest BCUT2D eigenvalue weighted by molar-refractivity contribution is 0.0697. The number of benzene rings is 1. The van der Waals surface area contributed by atoms with E-state index >= 15 is 0 Å². The Morgan fingerprint density at radius 2 is 1.95 bits per heavy atom. The molecule has 1 aromatic heterocycles. The molecule has 0 unspecified atom stereocenters. The van der Waals surface area contributed by atoms with E-state index < -0.39 is 5.97 Å². The first-order valence-electron chi connectivity index (χ1n) is 7.84. The number of piperazine rings is 1. The largest absolute Gasteiger partial charge is 0.478 e. The van der Waals surface area contributed by atoms with Gasteiger partial charge in [-0.15, -0.1) is 0 Å². The maximum Gasteiger partial charge on any atom is 0.335 e. The number of rotatable bonds is 4. The molecule has 1 N–H and O–H groups in total. The average Bonchev–Trinajstić information content (AvgIpc) is 2.86. The molecule has 5 nitrogen and oxygen atoms in total. The van der Waals surface area contributed by atoms with Crippen molar-refractivity contribution >= 4 is 16.9 Å². The maximum absolute atomic E-state index is 11.2. The predicted molar refractivity (Wildman–Crippen MR) is 87.3 cm³/mol. The van der Waals surface area contributed by atoms with Crippen molar-refractivity contribution in [1.82, 2.24) is 14.4 Å². The summed E-state index contributed by atoms with van der Waals surface area (Å²) < 4.78 is 2.15. The van der Waals surface area contributed by atoms with Gasteiger partial charge >= 0.3 is 5.97 Å². The van der Waals surface area contributed by atoms with Crippen molar-refractivity contribution in [3.63, 3.8) is 0 Å². The van der Waals surface area contributed by atoms with Gasteiger partial charge in [0.05, 0.1) is 5.56 Å². The minimum Gasteiger partial charge on any atom is -0.478 e. The number of fused-ring (bicyclic) bond motifs is 1. The van der Waals surface area contributed by atoms with Gasteiger partial charge in [0.2, 0.25) is 0 Å². The van der Waals surface area contributed by atoms with Crippen molar-refractivity contribution in [3.05, 3.63) is 35.5 Å². The standard InChI is InChI=1S/C17H23N3O2/c1-3-20-12-14(11-19-8-6-18(2)7-9-19)15-5-4-13(17(21)22)10-16(15)20/h4-5,10,12H,3,6-9,11H2,1-2H3,(H,21,22). The van der Waals surface area contributed by atoms with E-state index in [1.54, 1.807) is 12.1 Å². The number of carboxylic acid groups (broad SMARTS) is 1. The van der Waals surface area contributed by atoms with E-state index in [-0.39, 0.29) is 0 Å². The zero-order valence-corrected chi connectivity index (χ0v) is 13.2. The fraction of sp³-hybridized carbons (Fsp3) is 0.471. The molecule has 118 valence electrons. The van der Waals surface area contributed by atoms with Crippen LogP contribution in [0.2, 0.25) is 0 Å². The van der Waals surface area contributed by atoms with Gasteiger partial charge in [0, 0.05) is 56.4 Å². The number of aryl methyl sites for hydroxylation is 1. The van der Waals surface area contributed by atoms with Gasteiger partial charge in [-0.3, -0.25) is 4.90 Å². The Bertz CT molecular complexity index is 685. The van der Waals surface area contributed by atoms with Crippen molar-refractivity contribution in [2.24, 2.45) is 0 Å². The molecule has 0 aliphatic carbocycles. The Morgan fingerprint density at radius 1 is 1.23 bits per heavy atom. The second kappa shape index (κ2) is 6.10. The van der Waals surface area contributed by atoms with E-state index in [0.29, 0.717) is 5.56 Å². The summed E-state index contributed by atoms with van der Waals surface area (Å²) in [6.45, 7) is 8.26. The van der Waals surface area contributed by atoms with Crippen LogP contribution in [-0.4, -0.2) is 58.7 Å². The number of aromatic nitrogens is 1. The molecular formula is C17H23N3O2. The normalized spacial score (nSPS) is 17.2. The van der Waals surface area contributed by atoms with Crippen LogP contribution in [0.25, 0.3) is 10.9 Å². The number of aromatic carboxylic acids is 1. The summed E-state index contributed by atoms with van der Waals surface area (Å²) >= 11 is 0. The lowest BCUT2D eigenvalue weighted by Crippen LogP contribution is -2.43. The molecule has 0 spiro atoms. The molecule has 2 heterocycles. The van der Waals surface area contributed by atoms with Gasteiger partial charge < -0.3 is 14.6 Å². The summed E-state index contributed by atoms with van der Waals surface area (Å²) in [7, 11) is 2.16. The van der Waals surface area contributed by atoms with Crippen molar-refractivity contribution in [2.75, 3.05) is 33.2 Å². The predicted octanol–water partition coefficient (Wildman–Crippen LogP) is 2.11. The minimum atomic E-state index is -0.869. The van der Waals surface area contributed by atoms with E-state index in [1.807, 2.05) is 6.07 Å². The fourth-order valence-electron chi connectivity index (χ4n) is 3.14. The molecule has 2 aromatic rings. The summed E-state index contributed by atoms with van der Waals surface area (Å²) in [5.41, 5.74) is 2.66. The first-order chi connectivity index (χ1) is 10.6. The van der Waals surface area contributed by atoms with Gasteiger partial charge in [-0.05, 0) is 31.7 Å². The summed E-state index contributed by atoms with van der Waals surface area (Å²) in [4.78, 5) is 16.0. The fourth-order valence-corrected chi connectivity index (χ4v) is 3.14. The zero-order chi connectivity index (χ0) is 15.7. The summed E-state index contributed by atoms with van der Waals surface area (Å²) in [5, 5.41) is 10.4. The molecule has 0 saturated carbocycles. The monoisotopic (exact) mass is 301 g/mol. The maximum atomic E-state index is 11.2. The lowest BCUT2D eigenvalue weighted by atomic mass is 10.1. The van der Waals surface area contributed by atoms with Gasteiger partial charge in [0.25, 0.3) is 0 Å². The highest BCUT2D eigenvalue weighted by Crippen LogP contribution is 2.24. The number of hydrogen-bond acceptors (Lipinski definition) is 3. The first-order valence-corrected chi connectivity index (χ1v) is 7.84. The Kier molecular flexibility index (Phi) is 4.18. The van der Waals surface area contributed by atoms with Gasteiger partial charge in [0.1, 0.15) is 0 Å². The third-order valence-electron chi connectivity index (χ3n) is 4.54. The number of likely N-dealkylation sites (N-methyl/N-ethyl adjacent to an activating group) is 1. The van der Waals surface area contributed by atoms with Crippen molar-refractivity contribution in [1.29, 1.82) is 0 Å². The Morgan fingerprint density at radius 3 is 2.59 bits per heavy atom. The summed E-state index contributed by atoms with van der Waals surface area (Å²) in [6, 6.07) is 5.45. The van der Waals surface area contributed by atoms with Crippen molar-refractivity contribution in [3.8, 4) is 0 Å². The van der Waals surface area contributed by atoms with Crippen LogP contribution in [0.15, 0.2) is 24.4 Å². The van der Waals surface area contributed by atoms with E-state index in [4.69, 9.17) is 0 Å². The molecule has 1 aliphatic heterocycles. The number of carbonyl (C=O) groups is 1. The van der Waals surface area contributed by atoms with Crippen molar-refractivity contribution in [2.45, 2.75) is 20.0 Å². The molecule has 0 bridgehead atoms. The molecule has 0 radical (unpaired) electrons. The minimum absolute atomic E-state index is 0.353. The van der Waals surface area contributed by atoms with Crippen LogP contribution >= 0.6 is 0 Å². The van der Waals surface area contributed by atoms with E-state index in [9.17, 15) is 9.90 Å². The van der Waals surface area contributed by atoms with Gasteiger partial charge in [-0.1, -0.05) is 6.07 Å². The van der Waals surface area contributed by atoms with Gasteiger partial charge in [-0.2, -0.15) is 0 Å². The summed E-state index contributed by atoms with van der Waals surface area (Å²) in [6.07, 6.45) is 2.18. The average molecular weight is 301 g/mol. The number of nitrogens with zero attached hydrogens (tertiary/aromatic N) is 3. The Balaban J connectivity index is 1.91. The number of hydrogen-bond donors (Lipinski definition) is 1. The van der Waals surface area contributed by atoms with E-state index in [2.05, 4.69) is 34.5 Å². The van der Waals surface area contributed by atoms with Crippen LogP contribution in [0.4, 0.5) is 0 Å². The summed E-state index contributed by atoms with van der Waals surface area (Å²) in [5.74, 6) is -0.869. The van der Waals surface area contributed by atoms with Gasteiger partial charge in [0.15, 0.2) is 0 Å². The van der Waals surface area contributed by atoms with Crippen LogP contribution in [0.3, 0.4) is 0 Å². The Hall–Kier alpha value is -1.85. The quantitative estimate of drug-likeness (QED) is 0.939. The number of carboxylic acids is 1. The highest BCUT2D eigenvalue weighted by Gasteiger charge is 2.17. The molecule has 22 heavy (non-hydrogen) atoms. The Labute approximate surface area is 130 Å². The lowest BCUT2D eigenvalue weighted by Gasteiger charge is -2.32. The molecule has 1 aromatic carbocycles. The van der Waals surface area contributed by atoms with E-state index in [0.717, 1.165) is 44.8 Å². The topological polar surface area (TPSA) is 48.7 Å². The van der Waals surface area contributed by atoms with Crippen LogP contribution in [0.5, 0.6) is 0 Å². The molecule has 1 aliphatic rings. The molecule has 1 saturated heterocycles. The zero-order valence-electron chi connectivity index (χ0n) is 13.2. The third-order valence-corrected chi connectivity index (χ3v) is 4.54. The second-order valence-corrected chi connectivity index (χ2v) is 6.06. The van der Waals surface area contributed by atoms with Gasteiger partial charge in [-0.25, -0.2) is 4.79 Å². The smallest absolute Gasteiger partial charge is 0.335 e. The first kappa shape index (κ1) is 15.1. The molecule has 1 fully saturated rings. The highest BCUT2D eigenvalue weighted by molar-refractivity contribution is 5.94. The van der Waals surface area contributed by atoms with Crippen LogP contribution in [0, 0.1) is 0 Å². The molecular weight excluding hydrogens is 278 g/mol. The van der Waals surface area contributed by atoms with Crippen molar-refractivity contribution < 1.29 is 9.90 Å². The molecule has 3 rings (SSSR count). The molecule has 0 amide bonds. The van der Waals surface area contributed by atoms with Crippen LogP contribution < -0.4 is 0 Å².